The number of pyridine rings is 1. The fourth-order valence-electron chi connectivity index (χ4n) is 1.85. The summed E-state index contributed by atoms with van der Waals surface area (Å²) in [4.78, 5) is 14.8. The van der Waals surface area contributed by atoms with Gasteiger partial charge in [-0.2, -0.15) is 0 Å². The summed E-state index contributed by atoms with van der Waals surface area (Å²) >= 11 is 6.14. The molecule has 0 bridgehead atoms. The van der Waals surface area contributed by atoms with Gasteiger partial charge in [-0.3, -0.25) is 4.98 Å². The van der Waals surface area contributed by atoms with Gasteiger partial charge in [-0.25, -0.2) is 4.79 Å². The van der Waals surface area contributed by atoms with Crippen molar-refractivity contribution in [1.82, 2.24) is 10.3 Å². The molecule has 104 valence electrons. The Morgan fingerprint density at radius 2 is 2.10 bits per heavy atom. The quantitative estimate of drug-likeness (QED) is 0.887. The van der Waals surface area contributed by atoms with E-state index in [0.29, 0.717) is 6.54 Å². The fraction of sp³-hybridized carbons (Fsp3) is 0.200. The van der Waals surface area contributed by atoms with Crippen molar-refractivity contribution in [2.75, 3.05) is 0 Å². The van der Waals surface area contributed by atoms with E-state index in [0.717, 1.165) is 16.3 Å². The predicted molar refractivity (Wildman–Crippen MR) is 77.9 cm³/mol. The van der Waals surface area contributed by atoms with Crippen molar-refractivity contribution < 1.29 is 9.90 Å². The molecule has 4 nitrogen and oxygen atoms in total. The molecule has 2 aromatic rings. The molecule has 2 rings (SSSR count). The van der Waals surface area contributed by atoms with Gasteiger partial charge in [0, 0.05) is 23.8 Å². The Kier molecular flexibility index (Phi) is 4.71. The van der Waals surface area contributed by atoms with E-state index >= 15 is 0 Å². The van der Waals surface area contributed by atoms with Crippen LogP contribution in [0.25, 0.3) is 0 Å². The van der Waals surface area contributed by atoms with Crippen molar-refractivity contribution in [3.8, 4) is 0 Å². The average molecular weight is 291 g/mol. The minimum atomic E-state index is -0.971. The van der Waals surface area contributed by atoms with E-state index in [-0.39, 0.29) is 11.6 Å². The first-order valence-corrected chi connectivity index (χ1v) is 6.61. The third kappa shape index (κ3) is 3.56. The van der Waals surface area contributed by atoms with E-state index in [1.807, 2.05) is 31.2 Å². The van der Waals surface area contributed by atoms with Gasteiger partial charge in [-0.05, 0) is 30.7 Å². The summed E-state index contributed by atoms with van der Waals surface area (Å²) < 4.78 is 0. The van der Waals surface area contributed by atoms with Crippen molar-refractivity contribution >= 4 is 17.6 Å². The van der Waals surface area contributed by atoms with E-state index in [1.54, 1.807) is 12.1 Å². The van der Waals surface area contributed by atoms with Crippen LogP contribution in [0.15, 0.2) is 42.6 Å². The summed E-state index contributed by atoms with van der Waals surface area (Å²) in [6, 6.07) is 11.0. The van der Waals surface area contributed by atoms with Gasteiger partial charge in [0.1, 0.15) is 0 Å². The van der Waals surface area contributed by atoms with Crippen LogP contribution in [-0.4, -0.2) is 16.1 Å². The van der Waals surface area contributed by atoms with E-state index in [4.69, 9.17) is 16.7 Å². The zero-order chi connectivity index (χ0) is 14.5. The highest BCUT2D eigenvalue weighted by molar-refractivity contribution is 6.31. The summed E-state index contributed by atoms with van der Waals surface area (Å²) in [6.07, 6.45) is 1.36. The lowest BCUT2D eigenvalue weighted by atomic mass is 10.1. The first-order valence-electron chi connectivity index (χ1n) is 6.24. The van der Waals surface area contributed by atoms with E-state index in [1.165, 1.54) is 6.20 Å². The molecule has 0 aliphatic carbocycles. The molecule has 0 radical (unpaired) electrons. The molecule has 1 aromatic carbocycles. The molecule has 1 atom stereocenters. The van der Waals surface area contributed by atoms with Crippen LogP contribution in [0.1, 0.15) is 34.6 Å². The Morgan fingerprint density at radius 3 is 2.70 bits per heavy atom. The van der Waals surface area contributed by atoms with Crippen LogP contribution in [0.4, 0.5) is 0 Å². The van der Waals surface area contributed by atoms with Gasteiger partial charge in [0.2, 0.25) is 0 Å². The monoisotopic (exact) mass is 290 g/mol. The molecule has 5 heteroatoms. The van der Waals surface area contributed by atoms with E-state index < -0.39 is 5.97 Å². The Morgan fingerprint density at radius 1 is 1.35 bits per heavy atom. The minimum Gasteiger partial charge on any atom is -0.478 e. The lowest BCUT2D eigenvalue weighted by Gasteiger charge is -2.15. The molecule has 1 heterocycles. The van der Waals surface area contributed by atoms with Crippen LogP contribution in [0, 0.1) is 0 Å². The number of benzene rings is 1. The van der Waals surface area contributed by atoms with Gasteiger partial charge in [0.25, 0.3) is 0 Å². The number of aromatic nitrogens is 1. The van der Waals surface area contributed by atoms with Gasteiger partial charge in [0.15, 0.2) is 0 Å². The number of nitrogens with zero attached hydrogens (tertiary/aromatic N) is 1. The fourth-order valence-corrected chi connectivity index (χ4v) is 2.15. The number of carboxylic acids is 1. The zero-order valence-electron chi connectivity index (χ0n) is 11.0. The molecule has 2 N–H and O–H groups in total. The van der Waals surface area contributed by atoms with Crippen molar-refractivity contribution in [2.24, 2.45) is 0 Å². The van der Waals surface area contributed by atoms with Gasteiger partial charge in [-0.15, -0.1) is 0 Å². The molecule has 0 fully saturated rings. The second-order valence-electron chi connectivity index (χ2n) is 4.47. The number of carboxylic acid groups (broad SMARTS) is 1. The maximum atomic E-state index is 10.7. The third-order valence-corrected chi connectivity index (χ3v) is 3.38. The van der Waals surface area contributed by atoms with Crippen LogP contribution in [-0.2, 0) is 6.54 Å². The van der Waals surface area contributed by atoms with Crippen molar-refractivity contribution in [2.45, 2.75) is 19.5 Å². The highest BCUT2D eigenvalue weighted by Gasteiger charge is 2.09. The first kappa shape index (κ1) is 14.5. The molecule has 0 saturated carbocycles. The second kappa shape index (κ2) is 6.50. The number of hydrogen-bond acceptors (Lipinski definition) is 3. The van der Waals surface area contributed by atoms with Gasteiger partial charge in [0.05, 0.1) is 11.3 Å². The number of aromatic carboxylic acids is 1. The summed E-state index contributed by atoms with van der Waals surface area (Å²) in [6.45, 7) is 2.57. The maximum absolute atomic E-state index is 10.7. The van der Waals surface area contributed by atoms with Crippen molar-refractivity contribution in [1.29, 1.82) is 0 Å². The Labute approximate surface area is 122 Å². The molecular formula is C15H15ClN2O2. The lowest BCUT2D eigenvalue weighted by molar-refractivity contribution is 0.0696. The number of hydrogen-bond donors (Lipinski definition) is 2. The number of rotatable bonds is 5. The molecule has 0 saturated heterocycles. The highest BCUT2D eigenvalue weighted by atomic mass is 35.5. The lowest BCUT2D eigenvalue weighted by Crippen LogP contribution is -2.19. The second-order valence-corrected chi connectivity index (χ2v) is 4.87. The molecule has 20 heavy (non-hydrogen) atoms. The highest BCUT2D eigenvalue weighted by Crippen LogP contribution is 2.22. The van der Waals surface area contributed by atoms with E-state index in [9.17, 15) is 4.79 Å². The molecule has 0 aliphatic rings. The average Bonchev–Trinajstić information content (AvgIpc) is 2.45. The Hall–Kier alpha value is -1.91. The predicted octanol–water partition coefficient (Wildman–Crippen LogP) is 3.28. The summed E-state index contributed by atoms with van der Waals surface area (Å²) in [5.74, 6) is -0.971. The molecule has 1 aromatic heterocycles. The normalized spacial score (nSPS) is 12.1. The largest absolute Gasteiger partial charge is 0.478 e. The Balaban J connectivity index is 1.98. The summed E-state index contributed by atoms with van der Waals surface area (Å²) in [5, 5.41) is 12.8. The number of carbonyl (C=O) groups is 1. The minimum absolute atomic E-state index is 0.0876. The number of halogens is 1. The molecule has 0 amide bonds. The van der Waals surface area contributed by atoms with E-state index in [2.05, 4.69) is 10.3 Å². The van der Waals surface area contributed by atoms with Crippen molar-refractivity contribution in [3.05, 3.63) is 64.4 Å². The van der Waals surface area contributed by atoms with Gasteiger partial charge < -0.3 is 10.4 Å². The van der Waals surface area contributed by atoms with Crippen LogP contribution in [0.3, 0.4) is 0 Å². The van der Waals surface area contributed by atoms with Crippen molar-refractivity contribution in [3.63, 3.8) is 0 Å². The summed E-state index contributed by atoms with van der Waals surface area (Å²) in [5.41, 5.74) is 2.00. The maximum Gasteiger partial charge on any atom is 0.337 e. The Bertz CT molecular complexity index is 599. The SMILES string of the molecule is C[C@H](NCc1ccc(C(=O)O)cn1)c1ccccc1Cl. The zero-order valence-corrected chi connectivity index (χ0v) is 11.8. The standard InChI is InChI=1S/C15H15ClN2O2/c1-10(13-4-2-3-5-14(13)16)17-9-12-7-6-11(8-18-12)15(19)20/h2-8,10,17H,9H2,1H3,(H,19,20)/t10-/m0/s1. The van der Waals surface area contributed by atoms with Crippen LogP contribution < -0.4 is 5.32 Å². The number of nitrogens with one attached hydrogen (secondary N) is 1. The smallest absolute Gasteiger partial charge is 0.337 e. The molecular weight excluding hydrogens is 276 g/mol. The molecule has 0 unspecified atom stereocenters. The van der Waals surface area contributed by atoms with Crippen LogP contribution in [0.2, 0.25) is 5.02 Å². The third-order valence-electron chi connectivity index (χ3n) is 3.03. The topological polar surface area (TPSA) is 62.2 Å². The molecule has 0 aliphatic heterocycles. The molecule has 0 spiro atoms. The van der Waals surface area contributed by atoms with Crippen LogP contribution >= 0.6 is 11.6 Å². The van der Waals surface area contributed by atoms with Gasteiger partial charge >= 0.3 is 5.97 Å². The summed E-state index contributed by atoms with van der Waals surface area (Å²) in [7, 11) is 0. The van der Waals surface area contributed by atoms with Crippen LogP contribution in [0.5, 0.6) is 0 Å². The van der Waals surface area contributed by atoms with Gasteiger partial charge in [-0.1, -0.05) is 29.8 Å². The first-order chi connectivity index (χ1) is 9.58.